The van der Waals surface area contributed by atoms with Gasteiger partial charge in [-0.3, -0.25) is 9.59 Å². The molecule has 1 unspecified atom stereocenters. The Hall–Kier alpha value is -1.06. The molecule has 4 heteroatoms. The van der Waals surface area contributed by atoms with Crippen LogP contribution in [0, 0.1) is 11.8 Å². The highest BCUT2D eigenvalue weighted by molar-refractivity contribution is 5.99. The van der Waals surface area contributed by atoms with Gasteiger partial charge >= 0.3 is 0 Å². The molecule has 18 heavy (non-hydrogen) atoms. The van der Waals surface area contributed by atoms with Gasteiger partial charge in [0, 0.05) is 6.54 Å². The molecule has 0 aromatic rings. The van der Waals surface area contributed by atoms with Crippen LogP contribution in [0.25, 0.3) is 0 Å². The van der Waals surface area contributed by atoms with Crippen molar-refractivity contribution in [3.05, 3.63) is 0 Å². The predicted molar refractivity (Wildman–Crippen MR) is 72.0 cm³/mol. The predicted octanol–water partition coefficient (Wildman–Crippen LogP) is 1.79. The molecule has 1 saturated heterocycles. The van der Waals surface area contributed by atoms with Crippen LogP contribution in [0.4, 0.5) is 0 Å². The van der Waals surface area contributed by atoms with Crippen molar-refractivity contribution in [3.63, 3.8) is 0 Å². The molecule has 0 spiro atoms. The summed E-state index contributed by atoms with van der Waals surface area (Å²) in [7, 11) is 0. The zero-order valence-electron chi connectivity index (χ0n) is 12.4. The number of carbonyl (C=O) groups is 2. The van der Waals surface area contributed by atoms with E-state index in [-0.39, 0.29) is 17.9 Å². The molecule has 104 valence electrons. The van der Waals surface area contributed by atoms with Crippen LogP contribution in [0.15, 0.2) is 0 Å². The van der Waals surface area contributed by atoms with Gasteiger partial charge in [0.15, 0.2) is 0 Å². The number of amides is 2. The van der Waals surface area contributed by atoms with Gasteiger partial charge < -0.3 is 10.2 Å². The fourth-order valence-electron chi connectivity index (χ4n) is 2.30. The van der Waals surface area contributed by atoms with Crippen LogP contribution in [0.3, 0.4) is 0 Å². The third-order valence-electron chi connectivity index (χ3n) is 3.35. The minimum atomic E-state index is -0.741. The first-order chi connectivity index (χ1) is 8.16. The number of piperazine rings is 1. The summed E-state index contributed by atoms with van der Waals surface area (Å²) in [4.78, 5) is 26.3. The Morgan fingerprint density at radius 1 is 1.17 bits per heavy atom. The number of hydrogen-bond donors (Lipinski definition) is 1. The van der Waals surface area contributed by atoms with Crippen molar-refractivity contribution in [2.45, 2.75) is 59.5 Å². The van der Waals surface area contributed by atoms with Crippen LogP contribution in [0.5, 0.6) is 0 Å². The molecule has 0 aliphatic carbocycles. The molecule has 1 heterocycles. The molecule has 2 amide bonds. The number of hydrogen-bond acceptors (Lipinski definition) is 2. The van der Waals surface area contributed by atoms with E-state index in [2.05, 4.69) is 33.0 Å². The summed E-state index contributed by atoms with van der Waals surface area (Å²) in [5.74, 6) is 0.760. The van der Waals surface area contributed by atoms with E-state index in [0.717, 1.165) is 0 Å². The van der Waals surface area contributed by atoms with E-state index in [4.69, 9.17) is 0 Å². The molecule has 1 aliphatic heterocycles. The lowest BCUT2D eigenvalue weighted by Crippen LogP contribution is -2.68. The second-order valence-electron chi connectivity index (χ2n) is 6.56. The van der Waals surface area contributed by atoms with Gasteiger partial charge in [-0.1, -0.05) is 27.7 Å². The number of carbonyl (C=O) groups excluding carboxylic acids is 2. The van der Waals surface area contributed by atoms with Gasteiger partial charge in [-0.2, -0.15) is 0 Å². The van der Waals surface area contributed by atoms with E-state index < -0.39 is 5.54 Å². The lowest BCUT2D eigenvalue weighted by Gasteiger charge is -2.45. The van der Waals surface area contributed by atoms with Crippen molar-refractivity contribution in [1.29, 1.82) is 0 Å². The Labute approximate surface area is 110 Å². The molecule has 1 fully saturated rings. The van der Waals surface area contributed by atoms with Gasteiger partial charge in [0.2, 0.25) is 11.8 Å². The van der Waals surface area contributed by atoms with E-state index in [9.17, 15) is 9.59 Å². The van der Waals surface area contributed by atoms with Gasteiger partial charge in [0.05, 0.1) is 0 Å². The zero-order chi connectivity index (χ0) is 14.1. The summed E-state index contributed by atoms with van der Waals surface area (Å²) in [5, 5.41) is 2.86. The van der Waals surface area contributed by atoms with E-state index in [1.54, 1.807) is 4.90 Å². The van der Waals surface area contributed by atoms with Crippen LogP contribution >= 0.6 is 0 Å². The molecular weight excluding hydrogens is 228 g/mol. The van der Waals surface area contributed by atoms with E-state index >= 15 is 0 Å². The molecule has 0 aromatic heterocycles. The lowest BCUT2D eigenvalue weighted by atomic mass is 9.91. The fraction of sp³-hybridized carbons (Fsp3) is 0.857. The first-order valence-electron chi connectivity index (χ1n) is 6.78. The molecular formula is C14H26N2O2. The third kappa shape index (κ3) is 3.03. The largest absolute Gasteiger partial charge is 0.342 e. The Kier molecular flexibility index (Phi) is 4.41. The SMILES string of the molecule is CC(C)CC1NC(=O)C(C)(C)N(CC(C)C)C1=O. The average molecular weight is 254 g/mol. The highest BCUT2D eigenvalue weighted by Gasteiger charge is 2.46. The summed E-state index contributed by atoms with van der Waals surface area (Å²) < 4.78 is 0. The minimum Gasteiger partial charge on any atom is -0.342 e. The molecule has 1 rings (SSSR count). The summed E-state index contributed by atoms with van der Waals surface area (Å²) in [6, 6.07) is -0.357. The number of rotatable bonds is 4. The smallest absolute Gasteiger partial charge is 0.246 e. The van der Waals surface area contributed by atoms with Crippen molar-refractivity contribution in [2.24, 2.45) is 11.8 Å². The van der Waals surface area contributed by atoms with Gasteiger partial charge in [0.1, 0.15) is 11.6 Å². The summed E-state index contributed by atoms with van der Waals surface area (Å²) >= 11 is 0. The number of nitrogens with one attached hydrogen (secondary N) is 1. The molecule has 0 radical (unpaired) electrons. The van der Waals surface area contributed by atoms with Crippen LogP contribution in [-0.2, 0) is 9.59 Å². The van der Waals surface area contributed by atoms with Crippen molar-refractivity contribution < 1.29 is 9.59 Å². The molecule has 0 aromatic carbocycles. The third-order valence-corrected chi connectivity index (χ3v) is 3.35. The van der Waals surface area contributed by atoms with Crippen molar-refractivity contribution in [2.75, 3.05) is 6.54 Å². The Balaban J connectivity index is 2.94. The summed E-state index contributed by atoms with van der Waals surface area (Å²) in [6.07, 6.45) is 0.704. The molecule has 1 aliphatic rings. The van der Waals surface area contributed by atoms with Gasteiger partial charge in [-0.05, 0) is 32.1 Å². The van der Waals surface area contributed by atoms with Crippen molar-refractivity contribution in [3.8, 4) is 0 Å². The van der Waals surface area contributed by atoms with Crippen LogP contribution in [0.1, 0.15) is 48.0 Å². The Bertz CT molecular complexity index is 335. The topological polar surface area (TPSA) is 49.4 Å². The highest BCUT2D eigenvalue weighted by Crippen LogP contribution is 2.24. The highest BCUT2D eigenvalue weighted by atomic mass is 16.2. The zero-order valence-corrected chi connectivity index (χ0v) is 12.4. The fourth-order valence-corrected chi connectivity index (χ4v) is 2.30. The molecule has 1 atom stereocenters. The minimum absolute atomic E-state index is 0.0478. The maximum atomic E-state index is 12.5. The van der Waals surface area contributed by atoms with Crippen molar-refractivity contribution in [1.82, 2.24) is 10.2 Å². The maximum absolute atomic E-state index is 12.5. The Morgan fingerprint density at radius 3 is 2.17 bits per heavy atom. The van der Waals surface area contributed by atoms with E-state index in [0.29, 0.717) is 24.8 Å². The standard InChI is InChI=1S/C14H26N2O2/c1-9(2)7-11-12(17)16(8-10(3)4)14(5,6)13(18)15-11/h9-11H,7-8H2,1-6H3,(H,15,18). The van der Waals surface area contributed by atoms with Crippen LogP contribution in [-0.4, -0.2) is 34.8 Å². The van der Waals surface area contributed by atoms with Crippen LogP contribution in [0.2, 0.25) is 0 Å². The van der Waals surface area contributed by atoms with Gasteiger partial charge in [0.25, 0.3) is 0 Å². The monoisotopic (exact) mass is 254 g/mol. The second-order valence-corrected chi connectivity index (χ2v) is 6.56. The molecule has 4 nitrogen and oxygen atoms in total. The quantitative estimate of drug-likeness (QED) is 0.831. The van der Waals surface area contributed by atoms with Crippen molar-refractivity contribution >= 4 is 11.8 Å². The molecule has 0 saturated carbocycles. The Morgan fingerprint density at radius 2 is 1.72 bits per heavy atom. The summed E-state index contributed by atoms with van der Waals surface area (Å²) in [5.41, 5.74) is -0.741. The maximum Gasteiger partial charge on any atom is 0.246 e. The molecule has 1 N–H and O–H groups in total. The second kappa shape index (κ2) is 5.29. The van der Waals surface area contributed by atoms with E-state index in [1.807, 2.05) is 13.8 Å². The van der Waals surface area contributed by atoms with Crippen LogP contribution < -0.4 is 5.32 Å². The first-order valence-corrected chi connectivity index (χ1v) is 6.78. The molecule has 0 bridgehead atoms. The normalized spacial score (nSPS) is 23.8. The first kappa shape index (κ1) is 15.0. The van der Waals surface area contributed by atoms with E-state index in [1.165, 1.54) is 0 Å². The average Bonchev–Trinajstić information content (AvgIpc) is 2.21. The lowest BCUT2D eigenvalue weighted by molar-refractivity contribution is -0.156. The summed E-state index contributed by atoms with van der Waals surface area (Å²) in [6.45, 7) is 12.5. The van der Waals surface area contributed by atoms with Gasteiger partial charge in [-0.15, -0.1) is 0 Å². The number of nitrogens with zero attached hydrogens (tertiary/aromatic N) is 1. The van der Waals surface area contributed by atoms with Gasteiger partial charge in [-0.25, -0.2) is 0 Å².